The van der Waals surface area contributed by atoms with Gasteiger partial charge in [-0.15, -0.1) is 0 Å². The lowest BCUT2D eigenvalue weighted by molar-refractivity contribution is -0.123. The first-order valence-corrected chi connectivity index (χ1v) is 12.3. The zero-order valence-corrected chi connectivity index (χ0v) is 20.8. The van der Waals surface area contributed by atoms with Crippen molar-refractivity contribution in [1.29, 1.82) is 0 Å². The van der Waals surface area contributed by atoms with Gasteiger partial charge in [-0.1, -0.05) is 53.7 Å². The summed E-state index contributed by atoms with van der Waals surface area (Å²) in [6.07, 6.45) is 3.44. The Morgan fingerprint density at radius 1 is 1.03 bits per heavy atom. The first kappa shape index (κ1) is 23.9. The van der Waals surface area contributed by atoms with E-state index >= 15 is 0 Å². The number of benzene rings is 3. The molecule has 178 valence electrons. The maximum atomic E-state index is 13.5. The van der Waals surface area contributed by atoms with Crippen LogP contribution in [0.5, 0.6) is 0 Å². The van der Waals surface area contributed by atoms with Crippen molar-refractivity contribution in [3.63, 3.8) is 0 Å². The van der Waals surface area contributed by atoms with Crippen molar-refractivity contribution < 1.29 is 14.0 Å². The van der Waals surface area contributed by atoms with Crippen LogP contribution in [0.4, 0.5) is 4.39 Å². The Morgan fingerprint density at radius 2 is 1.72 bits per heavy atom. The van der Waals surface area contributed by atoms with E-state index in [1.807, 2.05) is 30.3 Å². The summed E-state index contributed by atoms with van der Waals surface area (Å²) in [6.45, 7) is 0. The van der Waals surface area contributed by atoms with Crippen LogP contribution in [0.25, 0.3) is 23.0 Å². The standard InChI is InChI=1S/C26H16ClFN4O2S2/c27-21-9-5-4-8-20(21)24(33)30-32-25(34)22(36-26(32)35)14-17-15-31(19-6-2-1-3-7-19)29-23(17)16-10-12-18(28)13-11-16/h1-15H,(H,30,33). The molecule has 10 heteroatoms. The van der Waals surface area contributed by atoms with Gasteiger partial charge in [0.05, 0.1) is 26.9 Å². The van der Waals surface area contributed by atoms with E-state index in [4.69, 9.17) is 23.8 Å². The zero-order valence-electron chi connectivity index (χ0n) is 18.4. The number of nitrogens with zero attached hydrogens (tertiary/aromatic N) is 3. The monoisotopic (exact) mass is 534 g/mol. The van der Waals surface area contributed by atoms with Gasteiger partial charge in [-0.25, -0.2) is 9.07 Å². The average Bonchev–Trinajstić information content (AvgIpc) is 3.42. The first-order valence-electron chi connectivity index (χ1n) is 10.7. The number of thiocarbonyl (C=S) groups is 1. The molecule has 2 amide bonds. The van der Waals surface area contributed by atoms with Gasteiger partial charge in [-0.05, 0) is 66.8 Å². The Bertz CT molecular complexity index is 1520. The van der Waals surface area contributed by atoms with Crippen molar-refractivity contribution >= 4 is 57.8 Å². The van der Waals surface area contributed by atoms with Gasteiger partial charge in [0.15, 0.2) is 4.32 Å². The molecule has 1 N–H and O–H groups in total. The van der Waals surface area contributed by atoms with Crippen molar-refractivity contribution in [2.45, 2.75) is 0 Å². The minimum atomic E-state index is -0.554. The minimum absolute atomic E-state index is 0.172. The summed E-state index contributed by atoms with van der Waals surface area (Å²) in [4.78, 5) is 26.2. The quantitative estimate of drug-likeness (QED) is 0.256. The SMILES string of the molecule is O=C(NN1C(=O)C(=Cc2cn(-c3ccccc3)nc2-c2ccc(F)cc2)SC1=S)c1ccccc1Cl. The number of aromatic nitrogens is 2. The number of thioether (sulfide) groups is 1. The third-order valence-corrected chi connectivity index (χ3v) is 6.92. The number of hydrogen-bond donors (Lipinski definition) is 1. The molecule has 0 bridgehead atoms. The lowest BCUT2D eigenvalue weighted by Crippen LogP contribution is -2.44. The van der Waals surface area contributed by atoms with E-state index in [1.54, 1.807) is 53.4 Å². The summed E-state index contributed by atoms with van der Waals surface area (Å²) in [6, 6.07) is 21.9. The number of hydrogen-bond acceptors (Lipinski definition) is 5. The number of amides is 2. The van der Waals surface area contributed by atoms with Gasteiger partial charge in [-0.3, -0.25) is 15.0 Å². The maximum Gasteiger partial charge on any atom is 0.285 e. The molecule has 1 fully saturated rings. The van der Waals surface area contributed by atoms with E-state index in [1.165, 1.54) is 12.1 Å². The molecular formula is C26H16ClFN4O2S2. The highest BCUT2D eigenvalue weighted by Gasteiger charge is 2.34. The van der Waals surface area contributed by atoms with E-state index in [2.05, 4.69) is 10.5 Å². The number of rotatable bonds is 5. The van der Waals surface area contributed by atoms with Gasteiger partial charge in [0.25, 0.3) is 11.8 Å². The van der Waals surface area contributed by atoms with E-state index < -0.39 is 11.8 Å². The summed E-state index contributed by atoms with van der Waals surface area (Å²) in [5, 5.41) is 5.96. The molecule has 0 unspecified atom stereocenters. The van der Waals surface area contributed by atoms with Crippen LogP contribution >= 0.6 is 35.6 Å². The van der Waals surface area contributed by atoms with Gasteiger partial charge in [0.1, 0.15) is 5.82 Å². The number of para-hydroxylation sites is 1. The highest BCUT2D eigenvalue weighted by atomic mass is 35.5. The van der Waals surface area contributed by atoms with Gasteiger partial charge in [-0.2, -0.15) is 10.1 Å². The molecule has 1 aromatic heterocycles. The maximum absolute atomic E-state index is 13.5. The normalized spacial score (nSPS) is 14.5. The van der Waals surface area contributed by atoms with Crippen LogP contribution in [0.1, 0.15) is 15.9 Å². The third-order valence-electron chi connectivity index (χ3n) is 5.29. The second-order valence-electron chi connectivity index (χ2n) is 7.66. The Kier molecular flexibility index (Phi) is 6.69. The van der Waals surface area contributed by atoms with Crippen LogP contribution < -0.4 is 5.43 Å². The van der Waals surface area contributed by atoms with Crippen LogP contribution in [0.15, 0.2) is 90.0 Å². The molecule has 2 heterocycles. The molecule has 6 nitrogen and oxygen atoms in total. The van der Waals surface area contributed by atoms with E-state index in [0.717, 1.165) is 22.5 Å². The molecule has 0 radical (unpaired) electrons. The van der Waals surface area contributed by atoms with Crippen molar-refractivity contribution in [1.82, 2.24) is 20.2 Å². The van der Waals surface area contributed by atoms with Crippen LogP contribution in [-0.4, -0.2) is 30.9 Å². The molecule has 0 saturated carbocycles. The molecule has 5 rings (SSSR count). The molecule has 4 aromatic rings. The lowest BCUT2D eigenvalue weighted by atomic mass is 10.1. The van der Waals surface area contributed by atoms with Gasteiger partial charge >= 0.3 is 0 Å². The van der Waals surface area contributed by atoms with Crippen molar-refractivity contribution in [2.75, 3.05) is 0 Å². The highest BCUT2D eigenvalue weighted by molar-refractivity contribution is 8.26. The second-order valence-corrected chi connectivity index (χ2v) is 9.74. The van der Waals surface area contributed by atoms with Gasteiger partial charge < -0.3 is 0 Å². The van der Waals surface area contributed by atoms with Crippen molar-refractivity contribution in [2.24, 2.45) is 0 Å². The lowest BCUT2D eigenvalue weighted by Gasteiger charge is -2.16. The third kappa shape index (κ3) is 4.81. The highest BCUT2D eigenvalue weighted by Crippen LogP contribution is 2.34. The molecule has 1 aliphatic heterocycles. The fraction of sp³-hybridized carbons (Fsp3) is 0. The Hall–Kier alpha value is -3.79. The Morgan fingerprint density at radius 3 is 2.44 bits per heavy atom. The second kappa shape index (κ2) is 10.1. The fourth-order valence-corrected chi connectivity index (χ4v) is 4.94. The van der Waals surface area contributed by atoms with Crippen molar-refractivity contribution in [3.8, 4) is 16.9 Å². The molecule has 0 aliphatic carbocycles. The smallest absolute Gasteiger partial charge is 0.267 e. The van der Waals surface area contributed by atoms with Crippen molar-refractivity contribution in [3.05, 3.63) is 112 Å². The van der Waals surface area contributed by atoms with Crippen LogP contribution in [-0.2, 0) is 4.79 Å². The molecule has 1 saturated heterocycles. The topological polar surface area (TPSA) is 67.2 Å². The van der Waals surface area contributed by atoms with Crippen LogP contribution in [0.2, 0.25) is 5.02 Å². The Balaban J connectivity index is 1.48. The first-order chi connectivity index (χ1) is 17.4. The number of carbonyl (C=O) groups is 2. The van der Waals surface area contributed by atoms with Gasteiger partial charge in [0.2, 0.25) is 0 Å². The number of carbonyl (C=O) groups excluding carboxylic acids is 2. The Labute approximate surface area is 220 Å². The van der Waals surface area contributed by atoms with E-state index in [9.17, 15) is 14.0 Å². The largest absolute Gasteiger partial charge is 0.285 e. The zero-order chi connectivity index (χ0) is 25.2. The summed E-state index contributed by atoms with van der Waals surface area (Å²) in [7, 11) is 0. The minimum Gasteiger partial charge on any atom is -0.267 e. The fourth-order valence-electron chi connectivity index (χ4n) is 3.55. The van der Waals surface area contributed by atoms with Crippen LogP contribution in [0, 0.1) is 5.82 Å². The molecule has 1 aliphatic rings. The predicted molar refractivity (Wildman–Crippen MR) is 143 cm³/mol. The molecular weight excluding hydrogens is 519 g/mol. The average molecular weight is 535 g/mol. The van der Waals surface area contributed by atoms with E-state index in [-0.39, 0.29) is 20.7 Å². The molecule has 0 atom stereocenters. The number of hydrazine groups is 1. The predicted octanol–water partition coefficient (Wildman–Crippen LogP) is 5.88. The molecule has 36 heavy (non-hydrogen) atoms. The summed E-state index contributed by atoms with van der Waals surface area (Å²) >= 11 is 12.5. The summed E-state index contributed by atoms with van der Waals surface area (Å²) < 4.78 is 15.4. The van der Waals surface area contributed by atoms with Gasteiger partial charge in [0, 0.05) is 17.3 Å². The molecule has 3 aromatic carbocycles. The summed E-state index contributed by atoms with van der Waals surface area (Å²) in [5.41, 5.74) is 5.44. The number of nitrogens with one attached hydrogen (secondary N) is 1. The summed E-state index contributed by atoms with van der Waals surface area (Å²) in [5.74, 6) is -1.40. The number of halogens is 2. The molecule has 0 spiro atoms. The van der Waals surface area contributed by atoms with E-state index in [0.29, 0.717) is 21.7 Å². The van der Waals surface area contributed by atoms with Crippen LogP contribution in [0.3, 0.4) is 0 Å².